The molecule has 28 heavy (non-hydrogen) atoms. The van der Waals surface area contributed by atoms with Crippen LogP contribution in [-0.4, -0.2) is 30.1 Å². The second kappa shape index (κ2) is 8.17. The highest BCUT2D eigenvalue weighted by atomic mass is 16.5. The average molecular weight is 381 g/mol. The van der Waals surface area contributed by atoms with Crippen LogP contribution >= 0.6 is 0 Å². The van der Waals surface area contributed by atoms with Gasteiger partial charge in [0.05, 0.1) is 24.5 Å². The van der Waals surface area contributed by atoms with Crippen LogP contribution in [0, 0.1) is 5.92 Å². The van der Waals surface area contributed by atoms with Gasteiger partial charge in [0.1, 0.15) is 11.5 Å². The molecule has 0 radical (unpaired) electrons. The van der Waals surface area contributed by atoms with E-state index in [4.69, 9.17) is 9.47 Å². The Balaban J connectivity index is 1.86. The third-order valence-electron chi connectivity index (χ3n) is 4.17. The SMILES string of the molecule is CCOc1cccc(N2C(=O)C(O)=C(c3ccc(OCC(C)C)cc3)C2=O)c1. The number of carbonyl (C=O) groups excluding carboxylic acids is 2. The highest BCUT2D eigenvalue weighted by molar-refractivity contribution is 6.44. The van der Waals surface area contributed by atoms with E-state index in [0.717, 1.165) is 4.90 Å². The lowest BCUT2D eigenvalue weighted by Crippen LogP contribution is -2.31. The molecule has 1 aliphatic heterocycles. The number of amides is 2. The van der Waals surface area contributed by atoms with Crippen LogP contribution in [0.4, 0.5) is 5.69 Å². The molecule has 146 valence electrons. The molecule has 2 amide bonds. The van der Waals surface area contributed by atoms with Crippen molar-refractivity contribution >= 4 is 23.1 Å². The third kappa shape index (κ3) is 3.86. The van der Waals surface area contributed by atoms with E-state index in [2.05, 4.69) is 13.8 Å². The molecule has 1 N–H and O–H groups in total. The molecule has 0 aromatic heterocycles. The normalized spacial score (nSPS) is 14.2. The molecule has 0 spiro atoms. The maximum Gasteiger partial charge on any atom is 0.301 e. The first-order valence-corrected chi connectivity index (χ1v) is 9.20. The van der Waals surface area contributed by atoms with Crippen LogP contribution < -0.4 is 14.4 Å². The fourth-order valence-electron chi connectivity index (χ4n) is 2.87. The van der Waals surface area contributed by atoms with Gasteiger partial charge < -0.3 is 14.6 Å². The molecule has 3 rings (SSSR count). The first-order chi connectivity index (χ1) is 13.4. The number of hydrogen-bond acceptors (Lipinski definition) is 5. The molecule has 0 unspecified atom stereocenters. The maximum absolute atomic E-state index is 12.9. The van der Waals surface area contributed by atoms with Gasteiger partial charge >= 0.3 is 5.91 Å². The summed E-state index contributed by atoms with van der Waals surface area (Å²) in [5.74, 6) is -0.305. The van der Waals surface area contributed by atoms with E-state index in [9.17, 15) is 14.7 Å². The molecule has 6 nitrogen and oxygen atoms in total. The van der Waals surface area contributed by atoms with Crippen molar-refractivity contribution in [3.63, 3.8) is 0 Å². The molecular weight excluding hydrogens is 358 g/mol. The monoisotopic (exact) mass is 381 g/mol. The van der Waals surface area contributed by atoms with Crippen molar-refractivity contribution < 1.29 is 24.2 Å². The van der Waals surface area contributed by atoms with Crippen LogP contribution in [0.25, 0.3) is 5.57 Å². The molecule has 0 saturated heterocycles. The zero-order valence-corrected chi connectivity index (χ0v) is 16.1. The molecule has 1 heterocycles. The minimum absolute atomic E-state index is 0.0257. The number of imide groups is 1. The zero-order valence-electron chi connectivity index (χ0n) is 16.1. The van der Waals surface area contributed by atoms with Gasteiger partial charge in [-0.1, -0.05) is 32.0 Å². The highest BCUT2D eigenvalue weighted by Crippen LogP contribution is 2.33. The number of aliphatic hydroxyl groups excluding tert-OH is 1. The minimum Gasteiger partial charge on any atom is -0.502 e. The standard InChI is InChI=1S/C22H23NO5/c1-4-27-18-7-5-6-16(12-18)23-21(25)19(20(24)22(23)26)15-8-10-17(11-9-15)28-13-14(2)3/h5-12,14,24H,4,13H2,1-3H3. The largest absolute Gasteiger partial charge is 0.502 e. The summed E-state index contributed by atoms with van der Waals surface area (Å²) >= 11 is 0. The van der Waals surface area contributed by atoms with Crippen molar-refractivity contribution in [3.8, 4) is 11.5 Å². The van der Waals surface area contributed by atoms with Crippen LogP contribution in [0.5, 0.6) is 11.5 Å². The van der Waals surface area contributed by atoms with E-state index in [1.54, 1.807) is 48.5 Å². The van der Waals surface area contributed by atoms with E-state index >= 15 is 0 Å². The van der Waals surface area contributed by atoms with Crippen molar-refractivity contribution in [1.82, 2.24) is 0 Å². The molecule has 0 fully saturated rings. The van der Waals surface area contributed by atoms with Crippen molar-refractivity contribution in [2.24, 2.45) is 5.92 Å². The summed E-state index contributed by atoms with van der Waals surface area (Å²) in [5.41, 5.74) is 0.776. The van der Waals surface area contributed by atoms with E-state index in [1.165, 1.54) is 0 Å². The van der Waals surface area contributed by atoms with Crippen molar-refractivity contribution in [2.75, 3.05) is 18.1 Å². The van der Waals surface area contributed by atoms with Crippen LogP contribution in [0.2, 0.25) is 0 Å². The number of hydrogen-bond donors (Lipinski definition) is 1. The Hall–Kier alpha value is -3.28. The molecule has 2 aromatic rings. The van der Waals surface area contributed by atoms with Crippen LogP contribution in [-0.2, 0) is 9.59 Å². The number of nitrogens with zero attached hydrogens (tertiary/aromatic N) is 1. The van der Waals surface area contributed by atoms with Crippen molar-refractivity contribution in [1.29, 1.82) is 0 Å². The summed E-state index contributed by atoms with van der Waals surface area (Å²) in [6.45, 7) is 6.99. The zero-order chi connectivity index (χ0) is 20.3. The Labute approximate surface area is 164 Å². The lowest BCUT2D eigenvalue weighted by atomic mass is 10.1. The predicted octanol–water partition coefficient (Wildman–Crippen LogP) is 3.96. The highest BCUT2D eigenvalue weighted by Gasteiger charge is 2.40. The molecule has 0 aliphatic carbocycles. The number of rotatable bonds is 7. The Morgan fingerprint density at radius 1 is 0.964 bits per heavy atom. The number of benzene rings is 2. The lowest BCUT2D eigenvalue weighted by Gasteiger charge is -2.15. The summed E-state index contributed by atoms with van der Waals surface area (Å²) in [6.07, 6.45) is 0. The van der Waals surface area contributed by atoms with E-state index < -0.39 is 17.6 Å². The molecule has 6 heteroatoms. The first-order valence-electron chi connectivity index (χ1n) is 9.20. The van der Waals surface area contributed by atoms with Crippen LogP contribution in [0.1, 0.15) is 26.3 Å². The van der Waals surface area contributed by atoms with Gasteiger partial charge in [0.2, 0.25) is 0 Å². The molecule has 0 atom stereocenters. The van der Waals surface area contributed by atoms with Gasteiger partial charge in [-0.15, -0.1) is 0 Å². The van der Waals surface area contributed by atoms with E-state index in [-0.39, 0.29) is 5.57 Å². The van der Waals surface area contributed by atoms with Crippen LogP contribution in [0.15, 0.2) is 54.3 Å². The molecule has 0 bridgehead atoms. The molecule has 2 aromatic carbocycles. The number of ether oxygens (including phenoxy) is 2. The van der Waals surface area contributed by atoms with Crippen molar-refractivity contribution in [3.05, 3.63) is 59.9 Å². The summed E-state index contributed by atoms with van der Waals surface area (Å²) in [5, 5.41) is 10.3. The van der Waals surface area contributed by atoms with Crippen LogP contribution in [0.3, 0.4) is 0 Å². The smallest absolute Gasteiger partial charge is 0.301 e. The summed E-state index contributed by atoms with van der Waals surface area (Å²) in [4.78, 5) is 26.4. The van der Waals surface area contributed by atoms with Crippen molar-refractivity contribution in [2.45, 2.75) is 20.8 Å². The Morgan fingerprint density at radius 2 is 1.68 bits per heavy atom. The Kier molecular flexibility index (Phi) is 5.68. The quantitative estimate of drug-likeness (QED) is 0.735. The van der Waals surface area contributed by atoms with Gasteiger partial charge in [-0.2, -0.15) is 0 Å². The first kappa shape index (κ1) is 19.5. The van der Waals surface area contributed by atoms with Gasteiger partial charge in [-0.25, -0.2) is 4.90 Å². The Morgan fingerprint density at radius 3 is 2.32 bits per heavy atom. The minimum atomic E-state index is -0.756. The maximum atomic E-state index is 12.9. The predicted molar refractivity (Wildman–Crippen MR) is 106 cm³/mol. The molecular formula is C22H23NO5. The third-order valence-corrected chi connectivity index (χ3v) is 4.17. The lowest BCUT2D eigenvalue weighted by molar-refractivity contribution is -0.121. The van der Waals surface area contributed by atoms with E-state index in [0.29, 0.717) is 41.9 Å². The summed E-state index contributed by atoms with van der Waals surface area (Å²) in [6, 6.07) is 13.4. The van der Waals surface area contributed by atoms with E-state index in [1.807, 2.05) is 6.92 Å². The van der Waals surface area contributed by atoms with Gasteiger partial charge in [0.15, 0.2) is 5.76 Å². The molecule has 1 aliphatic rings. The summed E-state index contributed by atoms with van der Waals surface area (Å²) in [7, 11) is 0. The van der Waals surface area contributed by atoms with Gasteiger partial charge in [-0.3, -0.25) is 9.59 Å². The number of anilines is 1. The fourth-order valence-corrected chi connectivity index (χ4v) is 2.87. The molecule has 0 saturated carbocycles. The second-order valence-corrected chi connectivity index (χ2v) is 6.83. The average Bonchev–Trinajstić information content (AvgIpc) is 2.90. The number of carbonyl (C=O) groups is 2. The fraction of sp³-hybridized carbons (Fsp3) is 0.273. The van der Waals surface area contributed by atoms with Gasteiger partial charge in [0.25, 0.3) is 5.91 Å². The second-order valence-electron chi connectivity index (χ2n) is 6.83. The topological polar surface area (TPSA) is 76.1 Å². The summed E-state index contributed by atoms with van der Waals surface area (Å²) < 4.78 is 11.1. The van der Waals surface area contributed by atoms with Gasteiger partial charge in [-0.05, 0) is 42.7 Å². The van der Waals surface area contributed by atoms with Gasteiger partial charge in [0, 0.05) is 6.07 Å². The Bertz CT molecular complexity index is 915. The number of aliphatic hydroxyl groups is 1.